The largest absolute Gasteiger partial charge is 0.335 e. The highest BCUT2D eigenvalue weighted by Crippen LogP contribution is 2.22. The molecule has 0 aromatic heterocycles. The average molecular weight is 479 g/mol. The van der Waals surface area contributed by atoms with E-state index >= 15 is 0 Å². The minimum absolute atomic E-state index is 0.0439. The zero-order chi connectivity index (χ0) is 22.2. The first-order valence-electron chi connectivity index (χ1n) is 9.77. The van der Waals surface area contributed by atoms with Crippen molar-refractivity contribution in [3.8, 4) is 0 Å². The molecule has 2 fully saturated rings. The van der Waals surface area contributed by atoms with E-state index < -0.39 is 35.7 Å². The fraction of sp³-hybridized carbons (Fsp3) is 0.611. The summed E-state index contributed by atoms with van der Waals surface area (Å²) in [4.78, 5) is 14.4. The SMILES string of the molecule is CCCN(C(=O)c1ccc(S(=O)(=O)NC2CCS(=O)(=O)C2)cc1)C1CCS(=O)(=O)C1. The van der Waals surface area contributed by atoms with Crippen molar-refractivity contribution in [3.05, 3.63) is 29.8 Å². The van der Waals surface area contributed by atoms with E-state index in [2.05, 4.69) is 4.72 Å². The average Bonchev–Trinajstić information content (AvgIpc) is 3.19. The smallest absolute Gasteiger partial charge is 0.254 e. The lowest BCUT2D eigenvalue weighted by molar-refractivity contribution is 0.0697. The molecule has 9 nitrogen and oxygen atoms in total. The fourth-order valence-electron chi connectivity index (χ4n) is 3.83. The summed E-state index contributed by atoms with van der Waals surface area (Å²) in [6.45, 7) is 2.31. The number of benzene rings is 1. The minimum atomic E-state index is -3.92. The third-order valence-corrected chi connectivity index (χ3v) is 10.4. The van der Waals surface area contributed by atoms with Crippen LogP contribution < -0.4 is 4.72 Å². The molecule has 30 heavy (non-hydrogen) atoms. The van der Waals surface area contributed by atoms with Crippen LogP contribution >= 0.6 is 0 Å². The zero-order valence-corrected chi connectivity index (χ0v) is 19.1. The Hall–Kier alpha value is -1.50. The van der Waals surface area contributed by atoms with Crippen LogP contribution in [-0.4, -0.2) is 77.7 Å². The Morgan fingerprint density at radius 3 is 2.13 bits per heavy atom. The van der Waals surface area contributed by atoms with Gasteiger partial charge in [-0.1, -0.05) is 6.92 Å². The molecule has 2 aliphatic heterocycles. The van der Waals surface area contributed by atoms with Crippen LogP contribution in [0, 0.1) is 0 Å². The normalized spacial score (nSPS) is 25.2. The van der Waals surface area contributed by atoms with Gasteiger partial charge in [-0.2, -0.15) is 0 Å². The van der Waals surface area contributed by atoms with Crippen molar-refractivity contribution in [1.82, 2.24) is 9.62 Å². The molecule has 12 heteroatoms. The van der Waals surface area contributed by atoms with Crippen LogP contribution in [0.2, 0.25) is 0 Å². The van der Waals surface area contributed by atoms with Gasteiger partial charge < -0.3 is 4.90 Å². The maximum Gasteiger partial charge on any atom is 0.254 e. The van der Waals surface area contributed by atoms with Crippen LogP contribution in [0.4, 0.5) is 0 Å². The maximum absolute atomic E-state index is 12.9. The predicted molar refractivity (Wildman–Crippen MR) is 112 cm³/mol. The van der Waals surface area contributed by atoms with Gasteiger partial charge >= 0.3 is 0 Å². The number of sulfonamides is 1. The number of sulfone groups is 2. The summed E-state index contributed by atoms with van der Waals surface area (Å²) in [5.74, 6) is -0.598. The number of nitrogens with one attached hydrogen (secondary N) is 1. The molecule has 0 bridgehead atoms. The van der Waals surface area contributed by atoms with Gasteiger partial charge in [0.15, 0.2) is 19.7 Å². The first-order valence-corrected chi connectivity index (χ1v) is 14.9. The lowest BCUT2D eigenvalue weighted by Gasteiger charge is -2.28. The maximum atomic E-state index is 12.9. The second-order valence-corrected chi connectivity index (χ2v) is 14.0. The van der Waals surface area contributed by atoms with E-state index in [1.807, 2.05) is 6.92 Å². The van der Waals surface area contributed by atoms with Gasteiger partial charge in [-0.05, 0) is 43.5 Å². The predicted octanol–water partition coefficient (Wildman–Crippen LogP) is 0.191. The number of amides is 1. The van der Waals surface area contributed by atoms with E-state index in [1.54, 1.807) is 4.90 Å². The Labute approximate surface area is 177 Å². The standard InChI is InChI=1S/C18H26N2O7S3/c1-2-9-20(16-8-11-29(24,25)13-16)18(21)14-3-5-17(6-4-14)30(26,27)19-15-7-10-28(22,23)12-15/h3-6,15-16,19H,2,7-13H2,1H3. The van der Waals surface area contributed by atoms with Gasteiger partial charge in [0.2, 0.25) is 10.0 Å². The Kier molecular flexibility index (Phi) is 6.61. The molecule has 0 saturated carbocycles. The first kappa shape index (κ1) is 23.2. The second kappa shape index (κ2) is 8.56. The molecule has 2 aliphatic rings. The number of rotatable bonds is 7. The summed E-state index contributed by atoms with van der Waals surface area (Å²) in [5, 5.41) is 0. The van der Waals surface area contributed by atoms with Crippen molar-refractivity contribution >= 4 is 35.6 Å². The van der Waals surface area contributed by atoms with Crippen molar-refractivity contribution < 1.29 is 30.0 Å². The number of carbonyl (C=O) groups excluding carboxylic acids is 1. The number of hydrogen-bond acceptors (Lipinski definition) is 7. The van der Waals surface area contributed by atoms with Gasteiger partial charge in [0.25, 0.3) is 5.91 Å². The molecule has 0 radical (unpaired) electrons. The highest BCUT2D eigenvalue weighted by atomic mass is 32.2. The van der Waals surface area contributed by atoms with Crippen LogP contribution in [0.5, 0.6) is 0 Å². The zero-order valence-electron chi connectivity index (χ0n) is 16.7. The van der Waals surface area contributed by atoms with Gasteiger partial charge in [-0.25, -0.2) is 30.0 Å². The monoisotopic (exact) mass is 478 g/mol. The molecule has 3 rings (SSSR count). The number of nitrogens with zero attached hydrogens (tertiary/aromatic N) is 1. The molecule has 1 aromatic carbocycles. The Balaban J connectivity index is 1.74. The molecule has 2 atom stereocenters. The third kappa shape index (κ3) is 5.40. The highest BCUT2D eigenvalue weighted by Gasteiger charge is 2.35. The molecule has 2 unspecified atom stereocenters. The van der Waals surface area contributed by atoms with Crippen LogP contribution in [0.15, 0.2) is 29.2 Å². The molecule has 1 amide bonds. The quantitative estimate of drug-likeness (QED) is 0.591. The second-order valence-electron chi connectivity index (χ2n) is 7.80. The minimum Gasteiger partial charge on any atom is -0.335 e. The summed E-state index contributed by atoms with van der Waals surface area (Å²) in [7, 11) is -10.3. The molecule has 2 saturated heterocycles. The number of hydrogen-bond donors (Lipinski definition) is 1. The van der Waals surface area contributed by atoms with Gasteiger partial charge in [0.1, 0.15) is 0 Å². The molecule has 1 N–H and O–H groups in total. The summed E-state index contributed by atoms with van der Waals surface area (Å²) in [6, 6.07) is 4.36. The number of carbonyl (C=O) groups is 1. The van der Waals surface area contributed by atoms with E-state index in [1.165, 1.54) is 24.3 Å². The van der Waals surface area contributed by atoms with E-state index in [-0.39, 0.29) is 51.8 Å². The molecular weight excluding hydrogens is 452 g/mol. The van der Waals surface area contributed by atoms with Crippen molar-refractivity contribution in [3.63, 3.8) is 0 Å². The van der Waals surface area contributed by atoms with Crippen molar-refractivity contribution in [1.29, 1.82) is 0 Å². The van der Waals surface area contributed by atoms with E-state index in [9.17, 15) is 30.0 Å². The van der Waals surface area contributed by atoms with E-state index in [0.717, 1.165) is 0 Å². The Morgan fingerprint density at radius 1 is 1.03 bits per heavy atom. The molecular formula is C18H26N2O7S3. The molecule has 0 spiro atoms. The lowest BCUT2D eigenvalue weighted by atomic mass is 10.1. The summed E-state index contributed by atoms with van der Waals surface area (Å²) in [5.41, 5.74) is 0.273. The van der Waals surface area contributed by atoms with Crippen LogP contribution in [0.1, 0.15) is 36.5 Å². The Bertz CT molecular complexity index is 1110. The van der Waals surface area contributed by atoms with Gasteiger partial charge in [0, 0.05) is 24.2 Å². The van der Waals surface area contributed by atoms with Crippen molar-refractivity contribution in [2.45, 2.75) is 43.2 Å². The summed E-state index contributed by atoms with van der Waals surface area (Å²) >= 11 is 0. The third-order valence-electron chi connectivity index (χ3n) is 5.34. The molecule has 168 valence electrons. The van der Waals surface area contributed by atoms with Crippen LogP contribution in [0.25, 0.3) is 0 Å². The summed E-state index contributed by atoms with van der Waals surface area (Å²) < 4.78 is 74.1. The molecule has 2 heterocycles. The van der Waals surface area contributed by atoms with Gasteiger partial charge in [-0.3, -0.25) is 4.79 Å². The van der Waals surface area contributed by atoms with Gasteiger partial charge in [-0.15, -0.1) is 0 Å². The van der Waals surface area contributed by atoms with E-state index in [0.29, 0.717) is 19.4 Å². The summed E-state index contributed by atoms with van der Waals surface area (Å²) in [6.07, 6.45) is 1.30. The van der Waals surface area contributed by atoms with Crippen molar-refractivity contribution in [2.24, 2.45) is 0 Å². The first-order chi connectivity index (χ1) is 13.9. The lowest BCUT2D eigenvalue weighted by Crippen LogP contribution is -2.41. The van der Waals surface area contributed by atoms with Gasteiger partial charge in [0.05, 0.1) is 27.9 Å². The highest BCUT2D eigenvalue weighted by molar-refractivity contribution is 7.92. The topological polar surface area (TPSA) is 135 Å². The molecule has 0 aliphatic carbocycles. The van der Waals surface area contributed by atoms with Crippen LogP contribution in [0.3, 0.4) is 0 Å². The Morgan fingerprint density at radius 2 is 1.63 bits per heavy atom. The molecule has 1 aromatic rings. The van der Waals surface area contributed by atoms with Crippen LogP contribution in [-0.2, 0) is 29.7 Å². The van der Waals surface area contributed by atoms with E-state index in [4.69, 9.17) is 0 Å². The fourth-order valence-corrected chi connectivity index (χ4v) is 8.61. The van der Waals surface area contributed by atoms with Crippen molar-refractivity contribution in [2.75, 3.05) is 29.6 Å².